The van der Waals surface area contributed by atoms with Gasteiger partial charge in [-0.1, -0.05) is 11.2 Å². The summed E-state index contributed by atoms with van der Waals surface area (Å²) in [5.74, 6) is 1.04. The molecule has 2 aromatic heterocycles. The first-order valence-corrected chi connectivity index (χ1v) is 7.04. The van der Waals surface area contributed by atoms with Crippen molar-refractivity contribution < 1.29 is 23.6 Å². The Morgan fingerprint density at radius 3 is 2.50 bits per heavy atom. The number of pyridine rings is 1. The lowest BCUT2D eigenvalue weighted by molar-refractivity contribution is -0.169. The quantitative estimate of drug-likeness (QED) is 0.452. The molecule has 2 aromatic rings. The lowest BCUT2D eigenvalue weighted by Gasteiger charge is -2.24. The van der Waals surface area contributed by atoms with Crippen LogP contribution in [0.1, 0.15) is 12.2 Å². The standard InChI is InChI=1S/C17H16N2O5/c1-4-8-17(15(20)22-2,16(21)23-3)11-12-10-14(19-24-12)13-7-5-6-9-18-13/h1,5-7,9-10H,8,11H2,2-3H3. The number of ether oxygens (including phenoxy) is 2. The zero-order chi connectivity index (χ0) is 17.6. The molecular weight excluding hydrogens is 312 g/mol. The van der Waals surface area contributed by atoms with Gasteiger partial charge in [-0.2, -0.15) is 0 Å². The van der Waals surface area contributed by atoms with Gasteiger partial charge in [-0.3, -0.25) is 14.6 Å². The Morgan fingerprint density at radius 1 is 1.25 bits per heavy atom. The lowest BCUT2D eigenvalue weighted by atomic mass is 9.80. The SMILES string of the molecule is C#CCC(Cc1cc(-c2ccccn2)no1)(C(=O)OC)C(=O)OC. The summed E-state index contributed by atoms with van der Waals surface area (Å²) < 4.78 is 14.7. The van der Waals surface area contributed by atoms with Crippen molar-refractivity contribution in [1.82, 2.24) is 10.1 Å². The van der Waals surface area contributed by atoms with E-state index in [0.29, 0.717) is 17.1 Å². The van der Waals surface area contributed by atoms with Gasteiger partial charge in [0.05, 0.1) is 19.9 Å². The van der Waals surface area contributed by atoms with Gasteiger partial charge in [-0.05, 0) is 12.1 Å². The summed E-state index contributed by atoms with van der Waals surface area (Å²) >= 11 is 0. The molecule has 0 spiro atoms. The van der Waals surface area contributed by atoms with E-state index in [2.05, 4.69) is 16.1 Å². The summed E-state index contributed by atoms with van der Waals surface area (Å²) in [6.07, 6.45) is 6.63. The Hall–Kier alpha value is -3.14. The zero-order valence-electron chi connectivity index (χ0n) is 13.3. The first-order chi connectivity index (χ1) is 11.6. The fourth-order valence-corrected chi connectivity index (χ4v) is 2.33. The second kappa shape index (κ2) is 7.42. The van der Waals surface area contributed by atoms with E-state index in [-0.39, 0.29) is 12.8 Å². The molecule has 0 amide bonds. The monoisotopic (exact) mass is 328 g/mol. The van der Waals surface area contributed by atoms with Crippen molar-refractivity contribution >= 4 is 11.9 Å². The van der Waals surface area contributed by atoms with Crippen LogP contribution in [0.2, 0.25) is 0 Å². The van der Waals surface area contributed by atoms with Gasteiger partial charge in [-0.25, -0.2) is 0 Å². The van der Waals surface area contributed by atoms with Crippen LogP contribution in [-0.2, 0) is 25.5 Å². The Balaban J connectivity index is 2.37. The van der Waals surface area contributed by atoms with Crippen LogP contribution in [0.3, 0.4) is 0 Å². The van der Waals surface area contributed by atoms with E-state index < -0.39 is 17.4 Å². The van der Waals surface area contributed by atoms with Crippen molar-refractivity contribution in [2.45, 2.75) is 12.8 Å². The van der Waals surface area contributed by atoms with E-state index in [1.165, 1.54) is 14.2 Å². The maximum atomic E-state index is 12.2. The van der Waals surface area contributed by atoms with E-state index >= 15 is 0 Å². The van der Waals surface area contributed by atoms with Crippen molar-refractivity contribution in [2.75, 3.05) is 14.2 Å². The van der Waals surface area contributed by atoms with E-state index in [1.54, 1.807) is 24.4 Å². The molecule has 0 atom stereocenters. The molecule has 0 aromatic carbocycles. The highest BCUT2D eigenvalue weighted by molar-refractivity contribution is 6.00. The number of hydrogen-bond donors (Lipinski definition) is 0. The lowest BCUT2D eigenvalue weighted by Crippen LogP contribution is -2.43. The summed E-state index contributed by atoms with van der Waals surface area (Å²) in [7, 11) is 2.35. The smallest absolute Gasteiger partial charge is 0.324 e. The highest BCUT2D eigenvalue weighted by Gasteiger charge is 2.49. The maximum absolute atomic E-state index is 12.2. The third-order valence-corrected chi connectivity index (χ3v) is 3.52. The molecule has 0 aliphatic carbocycles. The van der Waals surface area contributed by atoms with Crippen molar-refractivity contribution in [3.8, 4) is 23.7 Å². The maximum Gasteiger partial charge on any atom is 0.324 e. The molecule has 2 rings (SSSR count). The molecule has 2 heterocycles. The molecule has 0 N–H and O–H groups in total. The first kappa shape index (κ1) is 17.2. The number of terminal acetylenes is 1. The highest BCUT2D eigenvalue weighted by atomic mass is 16.5. The topological polar surface area (TPSA) is 91.5 Å². The molecule has 0 radical (unpaired) electrons. The predicted molar refractivity (Wildman–Crippen MR) is 83.4 cm³/mol. The van der Waals surface area contributed by atoms with Gasteiger partial charge in [0.1, 0.15) is 11.5 Å². The number of nitrogens with zero attached hydrogens (tertiary/aromatic N) is 2. The second-order valence-electron chi connectivity index (χ2n) is 5.02. The third-order valence-electron chi connectivity index (χ3n) is 3.52. The fourth-order valence-electron chi connectivity index (χ4n) is 2.33. The number of carbonyl (C=O) groups is 2. The minimum absolute atomic E-state index is 0.129. The minimum atomic E-state index is -1.68. The molecule has 7 heteroatoms. The normalized spacial score (nSPS) is 10.7. The number of hydrogen-bond acceptors (Lipinski definition) is 7. The molecule has 0 bridgehead atoms. The Kier molecular flexibility index (Phi) is 5.32. The summed E-state index contributed by atoms with van der Waals surface area (Å²) in [6, 6.07) is 6.94. The number of methoxy groups -OCH3 is 2. The largest absolute Gasteiger partial charge is 0.468 e. The highest BCUT2D eigenvalue weighted by Crippen LogP contribution is 2.31. The molecule has 0 saturated heterocycles. The molecule has 124 valence electrons. The molecule has 24 heavy (non-hydrogen) atoms. The molecule has 0 saturated carbocycles. The molecule has 7 nitrogen and oxygen atoms in total. The number of esters is 2. The van der Waals surface area contributed by atoms with Crippen LogP contribution in [0.5, 0.6) is 0 Å². The number of rotatable bonds is 6. The Morgan fingerprint density at radius 2 is 1.96 bits per heavy atom. The number of aromatic nitrogens is 2. The van der Waals surface area contributed by atoms with Crippen LogP contribution in [-0.4, -0.2) is 36.3 Å². The van der Waals surface area contributed by atoms with Gasteiger partial charge >= 0.3 is 11.9 Å². The Labute approximate surface area is 139 Å². The number of carbonyl (C=O) groups excluding carboxylic acids is 2. The fraction of sp³-hybridized carbons (Fsp3) is 0.294. The van der Waals surface area contributed by atoms with E-state index in [0.717, 1.165) is 0 Å². The predicted octanol–water partition coefficient (Wildman–Crippen LogP) is 1.63. The first-order valence-electron chi connectivity index (χ1n) is 7.04. The van der Waals surface area contributed by atoms with Gasteiger partial charge in [0.2, 0.25) is 0 Å². The summed E-state index contributed by atoms with van der Waals surface area (Å²) in [4.78, 5) is 28.6. The van der Waals surface area contributed by atoms with Crippen LogP contribution in [0, 0.1) is 17.8 Å². The van der Waals surface area contributed by atoms with Gasteiger partial charge < -0.3 is 14.0 Å². The van der Waals surface area contributed by atoms with Gasteiger partial charge in [-0.15, -0.1) is 12.3 Å². The Bertz CT molecular complexity index is 745. The summed E-state index contributed by atoms with van der Waals surface area (Å²) in [6.45, 7) is 0. The van der Waals surface area contributed by atoms with Crippen LogP contribution in [0.15, 0.2) is 35.0 Å². The van der Waals surface area contributed by atoms with Crippen LogP contribution in [0.25, 0.3) is 11.4 Å². The summed E-state index contributed by atoms with van der Waals surface area (Å²) in [5.41, 5.74) is -0.597. The second-order valence-corrected chi connectivity index (χ2v) is 5.02. The third kappa shape index (κ3) is 3.27. The van der Waals surface area contributed by atoms with Crippen molar-refractivity contribution in [3.63, 3.8) is 0 Å². The van der Waals surface area contributed by atoms with Crippen molar-refractivity contribution in [3.05, 3.63) is 36.2 Å². The van der Waals surface area contributed by atoms with E-state index in [9.17, 15) is 9.59 Å². The minimum Gasteiger partial charge on any atom is -0.468 e. The zero-order valence-corrected chi connectivity index (χ0v) is 13.3. The van der Waals surface area contributed by atoms with Crippen molar-refractivity contribution in [1.29, 1.82) is 0 Å². The average Bonchev–Trinajstić information content (AvgIpc) is 3.09. The van der Waals surface area contributed by atoms with E-state index in [4.69, 9.17) is 20.4 Å². The van der Waals surface area contributed by atoms with Crippen LogP contribution in [0.4, 0.5) is 0 Å². The average molecular weight is 328 g/mol. The van der Waals surface area contributed by atoms with Crippen LogP contribution >= 0.6 is 0 Å². The van der Waals surface area contributed by atoms with E-state index in [1.807, 2.05) is 6.07 Å². The van der Waals surface area contributed by atoms with Gasteiger partial charge in [0.15, 0.2) is 5.41 Å². The molecule has 0 aliphatic heterocycles. The van der Waals surface area contributed by atoms with Gasteiger partial charge in [0, 0.05) is 25.1 Å². The van der Waals surface area contributed by atoms with Crippen LogP contribution < -0.4 is 0 Å². The molecule has 0 fully saturated rings. The molecule has 0 aliphatic rings. The van der Waals surface area contributed by atoms with Gasteiger partial charge in [0.25, 0.3) is 0 Å². The summed E-state index contributed by atoms with van der Waals surface area (Å²) in [5, 5.41) is 3.91. The molecular formula is C17H16N2O5. The van der Waals surface area contributed by atoms with Crippen molar-refractivity contribution in [2.24, 2.45) is 5.41 Å². The molecule has 0 unspecified atom stereocenters.